The number of fused-ring (bicyclic) bond motifs is 1. The molecule has 35 heavy (non-hydrogen) atoms. The highest BCUT2D eigenvalue weighted by Crippen LogP contribution is 2.31. The van der Waals surface area contributed by atoms with Crippen molar-refractivity contribution >= 4 is 16.8 Å². The topological polar surface area (TPSA) is 68.1 Å². The van der Waals surface area contributed by atoms with Gasteiger partial charge in [0.1, 0.15) is 17.5 Å². The smallest absolute Gasteiger partial charge is 0.346 e. The van der Waals surface area contributed by atoms with Crippen LogP contribution < -0.4 is 0 Å². The lowest BCUT2D eigenvalue weighted by Crippen LogP contribution is -2.36. The molecule has 1 aliphatic rings. The van der Waals surface area contributed by atoms with Crippen molar-refractivity contribution < 1.29 is 18.0 Å². The number of likely N-dealkylation sites (tertiary alicyclic amines) is 1. The Morgan fingerprint density at radius 2 is 1.91 bits per heavy atom. The van der Waals surface area contributed by atoms with Gasteiger partial charge in [0.25, 0.3) is 5.91 Å². The van der Waals surface area contributed by atoms with Crippen LogP contribution in [0.4, 0.5) is 13.2 Å². The highest BCUT2D eigenvalue weighted by molar-refractivity contribution is 5.92. The van der Waals surface area contributed by atoms with E-state index in [0.717, 1.165) is 48.9 Å². The van der Waals surface area contributed by atoms with Gasteiger partial charge >= 0.3 is 6.18 Å². The van der Waals surface area contributed by atoms with E-state index in [1.54, 1.807) is 26.2 Å². The average molecular weight is 486 g/mol. The Kier molecular flexibility index (Phi) is 6.95. The number of aromatic amines is 1. The van der Waals surface area contributed by atoms with Gasteiger partial charge < -0.3 is 14.5 Å². The first-order valence-electron chi connectivity index (χ1n) is 11.8. The van der Waals surface area contributed by atoms with Gasteiger partial charge in [-0.05, 0) is 61.6 Å². The van der Waals surface area contributed by atoms with Crippen molar-refractivity contribution in [3.05, 3.63) is 58.5 Å². The number of benzene rings is 1. The number of amides is 1. The molecule has 1 amide bonds. The number of rotatable bonds is 6. The van der Waals surface area contributed by atoms with E-state index >= 15 is 0 Å². The highest BCUT2D eigenvalue weighted by Gasteiger charge is 2.30. The third-order valence-corrected chi connectivity index (χ3v) is 6.91. The standard InChI is InChI=1S/C26H30F3N5O/c1-17-18(4-6-23-22(17)14-19(15-30)31-23)16-33-12-9-21(10-13-33)34-20(8-11-26(27,28)29)5-7-24(34)25(35)32(2)3/h4-7,14,21,31H,8-13,16H2,1-3H3. The molecule has 3 aromatic rings. The first-order chi connectivity index (χ1) is 16.6. The van der Waals surface area contributed by atoms with Gasteiger partial charge in [0.05, 0.1) is 0 Å². The summed E-state index contributed by atoms with van der Waals surface area (Å²) in [5.74, 6) is -0.196. The molecule has 1 fully saturated rings. The van der Waals surface area contributed by atoms with Crippen LogP contribution in [0, 0.1) is 18.3 Å². The molecule has 0 spiro atoms. The minimum Gasteiger partial charge on any atom is -0.346 e. The predicted octanol–water partition coefficient (Wildman–Crippen LogP) is 5.18. The van der Waals surface area contributed by atoms with Crippen LogP contribution in [-0.2, 0) is 13.0 Å². The summed E-state index contributed by atoms with van der Waals surface area (Å²) in [5.41, 5.74) is 4.83. The largest absolute Gasteiger partial charge is 0.389 e. The first kappa shape index (κ1) is 24.9. The van der Waals surface area contributed by atoms with Crippen LogP contribution in [0.5, 0.6) is 0 Å². The van der Waals surface area contributed by atoms with Gasteiger partial charge in [-0.1, -0.05) is 6.07 Å². The van der Waals surface area contributed by atoms with Gasteiger partial charge in [0, 0.05) is 62.8 Å². The van der Waals surface area contributed by atoms with Gasteiger partial charge in [-0.25, -0.2) is 0 Å². The summed E-state index contributed by atoms with van der Waals surface area (Å²) in [6.45, 7) is 4.39. The van der Waals surface area contributed by atoms with E-state index in [2.05, 4.69) is 28.9 Å². The molecule has 1 saturated heterocycles. The zero-order valence-corrected chi connectivity index (χ0v) is 20.2. The monoisotopic (exact) mass is 485 g/mol. The summed E-state index contributed by atoms with van der Waals surface area (Å²) >= 11 is 0. The SMILES string of the molecule is Cc1c(CN2CCC(n3c(CCC(F)(F)F)ccc3C(=O)N(C)C)CC2)ccc2[nH]c(C#N)cc12. The molecule has 0 bridgehead atoms. The molecule has 3 heterocycles. The Balaban J connectivity index is 1.49. The number of nitrogens with zero attached hydrogens (tertiary/aromatic N) is 4. The maximum Gasteiger partial charge on any atom is 0.389 e. The molecule has 6 nitrogen and oxygen atoms in total. The van der Waals surface area contributed by atoms with E-state index < -0.39 is 12.6 Å². The van der Waals surface area contributed by atoms with Crippen LogP contribution in [0.2, 0.25) is 0 Å². The van der Waals surface area contributed by atoms with E-state index in [1.165, 1.54) is 10.5 Å². The molecular weight excluding hydrogens is 455 g/mol. The van der Waals surface area contributed by atoms with Crippen LogP contribution in [0.1, 0.15) is 58.3 Å². The Morgan fingerprint density at radius 1 is 1.20 bits per heavy atom. The quantitative estimate of drug-likeness (QED) is 0.523. The fourth-order valence-corrected chi connectivity index (χ4v) is 5.00. The van der Waals surface area contributed by atoms with Crippen LogP contribution >= 0.6 is 0 Å². The zero-order chi connectivity index (χ0) is 25.3. The van der Waals surface area contributed by atoms with E-state index in [1.807, 2.05) is 16.7 Å². The number of H-pyrrole nitrogens is 1. The Hall–Kier alpha value is -3.25. The average Bonchev–Trinajstić information content (AvgIpc) is 3.43. The van der Waals surface area contributed by atoms with Gasteiger partial charge in [0.2, 0.25) is 0 Å². The Labute approximate surface area is 202 Å². The van der Waals surface area contributed by atoms with Crippen molar-refractivity contribution in [2.24, 2.45) is 0 Å². The third kappa shape index (κ3) is 5.38. The van der Waals surface area contributed by atoms with Crippen molar-refractivity contribution in [3.8, 4) is 6.07 Å². The molecule has 0 radical (unpaired) electrons. The number of hydrogen-bond donors (Lipinski definition) is 1. The summed E-state index contributed by atoms with van der Waals surface area (Å²) in [6.07, 6.45) is -3.77. The molecule has 1 aliphatic heterocycles. The van der Waals surface area contributed by atoms with Gasteiger partial charge in [0.15, 0.2) is 0 Å². The summed E-state index contributed by atoms with van der Waals surface area (Å²) in [5, 5.41) is 10.2. The van der Waals surface area contributed by atoms with Crippen LogP contribution in [0.25, 0.3) is 10.9 Å². The fraction of sp³-hybridized carbons (Fsp3) is 0.462. The molecule has 0 unspecified atom stereocenters. The maximum atomic E-state index is 12.9. The van der Waals surface area contributed by atoms with E-state index in [-0.39, 0.29) is 18.4 Å². The van der Waals surface area contributed by atoms with Crippen LogP contribution in [0.15, 0.2) is 30.3 Å². The lowest BCUT2D eigenvalue weighted by molar-refractivity contribution is -0.134. The zero-order valence-electron chi connectivity index (χ0n) is 20.2. The molecule has 0 aliphatic carbocycles. The Morgan fingerprint density at radius 3 is 2.54 bits per heavy atom. The molecule has 1 aromatic carbocycles. The number of alkyl halides is 3. The van der Waals surface area contributed by atoms with Crippen molar-refractivity contribution in [3.63, 3.8) is 0 Å². The minimum atomic E-state index is -4.24. The van der Waals surface area contributed by atoms with Gasteiger partial charge in [-0.15, -0.1) is 0 Å². The van der Waals surface area contributed by atoms with Crippen molar-refractivity contribution in [1.82, 2.24) is 19.4 Å². The van der Waals surface area contributed by atoms with Crippen LogP contribution in [0.3, 0.4) is 0 Å². The Bertz CT molecular complexity index is 1260. The number of piperidine rings is 1. The summed E-state index contributed by atoms with van der Waals surface area (Å²) < 4.78 is 40.6. The number of aromatic nitrogens is 2. The van der Waals surface area contributed by atoms with Crippen molar-refractivity contribution in [2.75, 3.05) is 27.2 Å². The van der Waals surface area contributed by atoms with Crippen molar-refractivity contribution in [1.29, 1.82) is 5.26 Å². The van der Waals surface area contributed by atoms with Gasteiger partial charge in [-0.2, -0.15) is 18.4 Å². The molecule has 4 rings (SSSR count). The second kappa shape index (κ2) is 9.78. The number of carbonyl (C=O) groups excluding carboxylic acids is 1. The second-order valence-corrected chi connectivity index (χ2v) is 9.51. The second-order valence-electron chi connectivity index (χ2n) is 9.51. The fourth-order valence-electron chi connectivity index (χ4n) is 5.00. The van der Waals surface area contributed by atoms with E-state index in [0.29, 0.717) is 17.1 Å². The van der Waals surface area contributed by atoms with Gasteiger partial charge in [-0.3, -0.25) is 9.69 Å². The number of aryl methyl sites for hydroxylation is 2. The first-order valence-corrected chi connectivity index (χ1v) is 11.8. The number of nitrogens with one attached hydrogen (secondary N) is 1. The summed E-state index contributed by atoms with van der Waals surface area (Å²) in [7, 11) is 3.31. The minimum absolute atomic E-state index is 0.0187. The van der Waals surface area contributed by atoms with Crippen LogP contribution in [-0.4, -0.2) is 58.6 Å². The lowest BCUT2D eigenvalue weighted by Gasteiger charge is -2.35. The molecule has 0 atom stereocenters. The highest BCUT2D eigenvalue weighted by atomic mass is 19.4. The maximum absolute atomic E-state index is 12.9. The predicted molar refractivity (Wildman–Crippen MR) is 128 cm³/mol. The van der Waals surface area contributed by atoms with Crippen molar-refractivity contribution in [2.45, 2.75) is 51.4 Å². The van der Waals surface area contributed by atoms with E-state index in [9.17, 15) is 18.0 Å². The molecule has 1 N–H and O–H groups in total. The summed E-state index contributed by atoms with van der Waals surface area (Å²) in [6, 6.07) is 11.4. The number of hydrogen-bond acceptors (Lipinski definition) is 3. The lowest BCUT2D eigenvalue weighted by atomic mass is 10.0. The number of carbonyl (C=O) groups is 1. The molecular formula is C26H30F3N5O. The number of nitriles is 1. The summed E-state index contributed by atoms with van der Waals surface area (Å²) in [4.78, 5) is 19.7. The third-order valence-electron chi connectivity index (χ3n) is 6.91. The molecule has 186 valence electrons. The molecule has 9 heteroatoms. The number of halogens is 3. The molecule has 0 saturated carbocycles. The normalized spacial score (nSPS) is 15.5. The van der Waals surface area contributed by atoms with E-state index in [4.69, 9.17) is 5.26 Å². The molecule has 2 aromatic heterocycles.